The summed E-state index contributed by atoms with van der Waals surface area (Å²) in [6.07, 6.45) is 0.646. The fourth-order valence-corrected chi connectivity index (χ4v) is 3.72. The zero-order valence-corrected chi connectivity index (χ0v) is 13.3. The largest absolute Gasteiger partial charge is 0.444 e. The van der Waals surface area contributed by atoms with Gasteiger partial charge in [0.1, 0.15) is 5.60 Å². The van der Waals surface area contributed by atoms with E-state index in [4.69, 9.17) is 4.74 Å². The minimum absolute atomic E-state index is 0.328. The molecule has 1 aliphatic rings. The normalized spacial score (nSPS) is 18.7. The highest BCUT2D eigenvalue weighted by molar-refractivity contribution is 7.92. The van der Waals surface area contributed by atoms with Gasteiger partial charge in [0.2, 0.25) is 0 Å². The lowest BCUT2D eigenvalue weighted by Crippen LogP contribution is -2.45. The first-order valence-corrected chi connectivity index (χ1v) is 8.35. The van der Waals surface area contributed by atoms with E-state index in [1.54, 1.807) is 18.7 Å². The molecule has 1 saturated heterocycles. The van der Waals surface area contributed by atoms with E-state index in [-0.39, 0.29) is 16.6 Å². The Balaban J connectivity index is 2.57. The van der Waals surface area contributed by atoms with Crippen molar-refractivity contribution in [3.05, 3.63) is 0 Å². The molecule has 112 valence electrons. The molecular weight excluding hydrogens is 266 g/mol. The first-order chi connectivity index (χ1) is 8.54. The number of ether oxygens (including phenoxy) is 1. The van der Waals surface area contributed by atoms with Gasteiger partial charge >= 0.3 is 6.09 Å². The SMILES string of the molecule is CC(C)S(=O)(=O)C1CCN(C(=O)OC(C)(C)C)CC1. The highest BCUT2D eigenvalue weighted by atomic mass is 32.2. The molecule has 0 unspecified atom stereocenters. The van der Waals surface area contributed by atoms with E-state index in [1.807, 2.05) is 20.8 Å². The quantitative estimate of drug-likeness (QED) is 0.782. The van der Waals surface area contributed by atoms with E-state index in [9.17, 15) is 13.2 Å². The van der Waals surface area contributed by atoms with Crippen molar-refractivity contribution in [3.8, 4) is 0 Å². The number of rotatable bonds is 2. The van der Waals surface area contributed by atoms with Crippen molar-refractivity contribution >= 4 is 15.9 Å². The average molecular weight is 291 g/mol. The van der Waals surface area contributed by atoms with E-state index in [1.165, 1.54) is 0 Å². The van der Waals surface area contributed by atoms with E-state index >= 15 is 0 Å². The van der Waals surface area contributed by atoms with Crippen molar-refractivity contribution in [3.63, 3.8) is 0 Å². The van der Waals surface area contributed by atoms with Crippen molar-refractivity contribution in [1.29, 1.82) is 0 Å². The maximum atomic E-state index is 12.1. The monoisotopic (exact) mass is 291 g/mol. The Hall–Kier alpha value is -0.780. The zero-order chi connectivity index (χ0) is 14.8. The molecule has 0 aromatic heterocycles. The third-order valence-corrected chi connectivity index (χ3v) is 5.93. The van der Waals surface area contributed by atoms with Gasteiger partial charge in [-0.3, -0.25) is 0 Å². The first-order valence-electron chi connectivity index (χ1n) is 6.74. The van der Waals surface area contributed by atoms with Gasteiger partial charge in [-0.25, -0.2) is 13.2 Å². The average Bonchev–Trinajstić information content (AvgIpc) is 2.26. The summed E-state index contributed by atoms with van der Waals surface area (Å²) in [4.78, 5) is 13.5. The molecule has 0 saturated carbocycles. The van der Waals surface area contributed by atoms with Gasteiger partial charge in [-0.05, 0) is 47.5 Å². The number of hydrogen-bond donors (Lipinski definition) is 0. The first kappa shape index (κ1) is 16.3. The predicted octanol–water partition coefficient (Wildman–Crippen LogP) is 2.21. The summed E-state index contributed by atoms with van der Waals surface area (Å²) >= 11 is 0. The van der Waals surface area contributed by atoms with Crippen LogP contribution in [0.3, 0.4) is 0 Å². The lowest BCUT2D eigenvalue weighted by Gasteiger charge is -2.33. The molecule has 1 rings (SSSR count). The molecule has 0 atom stereocenters. The van der Waals surface area contributed by atoms with E-state index in [0.717, 1.165) is 0 Å². The number of sulfone groups is 1. The van der Waals surface area contributed by atoms with Crippen molar-refractivity contribution in [1.82, 2.24) is 4.90 Å². The third kappa shape index (κ3) is 4.37. The van der Waals surface area contributed by atoms with Gasteiger partial charge in [0, 0.05) is 13.1 Å². The fourth-order valence-electron chi connectivity index (χ4n) is 2.08. The molecule has 0 aromatic carbocycles. The van der Waals surface area contributed by atoms with E-state index in [2.05, 4.69) is 0 Å². The third-order valence-electron chi connectivity index (χ3n) is 3.22. The molecule has 0 radical (unpaired) electrons. The maximum Gasteiger partial charge on any atom is 0.410 e. The van der Waals surface area contributed by atoms with Crippen molar-refractivity contribution in [2.24, 2.45) is 0 Å². The van der Waals surface area contributed by atoms with Gasteiger partial charge in [0.25, 0.3) is 0 Å². The van der Waals surface area contributed by atoms with Gasteiger partial charge in [-0.2, -0.15) is 0 Å². The van der Waals surface area contributed by atoms with Crippen molar-refractivity contribution in [2.75, 3.05) is 13.1 Å². The number of likely N-dealkylation sites (tertiary alicyclic amines) is 1. The lowest BCUT2D eigenvalue weighted by atomic mass is 10.1. The lowest BCUT2D eigenvalue weighted by molar-refractivity contribution is 0.0217. The number of carbonyl (C=O) groups excluding carboxylic acids is 1. The van der Waals surface area contributed by atoms with Crippen LogP contribution in [0.2, 0.25) is 0 Å². The molecule has 0 N–H and O–H groups in total. The summed E-state index contributed by atoms with van der Waals surface area (Å²) < 4.78 is 29.4. The molecule has 1 aliphatic heterocycles. The van der Waals surface area contributed by atoms with Crippen LogP contribution in [0.5, 0.6) is 0 Å². The molecule has 0 aromatic rings. The van der Waals surface area contributed by atoms with Crippen LogP contribution < -0.4 is 0 Å². The number of carbonyl (C=O) groups is 1. The van der Waals surface area contributed by atoms with E-state index in [0.29, 0.717) is 25.9 Å². The molecule has 6 heteroatoms. The van der Waals surface area contributed by atoms with Crippen molar-refractivity contribution < 1.29 is 17.9 Å². The smallest absolute Gasteiger partial charge is 0.410 e. The van der Waals surface area contributed by atoms with Crippen LogP contribution in [0.1, 0.15) is 47.5 Å². The molecule has 5 nitrogen and oxygen atoms in total. The van der Waals surface area contributed by atoms with Crippen LogP contribution in [-0.4, -0.2) is 48.6 Å². The zero-order valence-electron chi connectivity index (χ0n) is 12.5. The van der Waals surface area contributed by atoms with Gasteiger partial charge in [-0.1, -0.05) is 0 Å². The Morgan fingerprint density at radius 3 is 2.05 bits per heavy atom. The predicted molar refractivity (Wildman–Crippen MR) is 74.9 cm³/mol. The molecule has 0 bridgehead atoms. The summed E-state index contributed by atoms with van der Waals surface area (Å²) in [5.41, 5.74) is -0.516. The second kappa shape index (κ2) is 5.69. The molecule has 1 amide bonds. The minimum atomic E-state index is -3.06. The van der Waals surface area contributed by atoms with Crippen LogP contribution in [0.4, 0.5) is 4.79 Å². The molecular formula is C13H25NO4S. The number of nitrogens with zero attached hydrogens (tertiary/aromatic N) is 1. The van der Waals surface area contributed by atoms with Crippen LogP contribution in [0.25, 0.3) is 0 Å². The highest BCUT2D eigenvalue weighted by Gasteiger charge is 2.34. The Kier molecular flexibility index (Phi) is 4.87. The number of piperidine rings is 1. The second-order valence-electron chi connectivity index (χ2n) is 6.30. The van der Waals surface area contributed by atoms with Crippen molar-refractivity contribution in [2.45, 2.75) is 63.6 Å². The van der Waals surface area contributed by atoms with Gasteiger partial charge in [-0.15, -0.1) is 0 Å². The Bertz CT molecular complexity index is 414. The van der Waals surface area contributed by atoms with Crippen LogP contribution in [0.15, 0.2) is 0 Å². The molecule has 1 fully saturated rings. The Morgan fingerprint density at radius 2 is 1.68 bits per heavy atom. The Labute approximate surface area is 116 Å². The summed E-state index contributed by atoms with van der Waals surface area (Å²) in [5, 5.41) is -0.684. The molecule has 0 spiro atoms. The maximum absolute atomic E-state index is 12.1. The topological polar surface area (TPSA) is 63.7 Å². The standard InChI is InChI=1S/C13H25NO4S/c1-10(2)19(16,17)11-6-8-14(9-7-11)12(15)18-13(3,4)5/h10-11H,6-9H2,1-5H3. The summed E-state index contributed by atoms with van der Waals surface area (Å²) in [6.45, 7) is 9.77. The molecule has 19 heavy (non-hydrogen) atoms. The van der Waals surface area contributed by atoms with Crippen LogP contribution >= 0.6 is 0 Å². The Morgan fingerprint density at radius 1 is 1.21 bits per heavy atom. The van der Waals surface area contributed by atoms with Gasteiger partial charge in [0.15, 0.2) is 9.84 Å². The molecule has 1 heterocycles. The summed E-state index contributed by atoms with van der Waals surface area (Å²) in [6, 6.07) is 0. The number of hydrogen-bond acceptors (Lipinski definition) is 4. The van der Waals surface area contributed by atoms with Gasteiger partial charge in [0.05, 0.1) is 10.5 Å². The molecule has 0 aliphatic carbocycles. The highest BCUT2D eigenvalue weighted by Crippen LogP contribution is 2.22. The second-order valence-corrected chi connectivity index (χ2v) is 9.09. The van der Waals surface area contributed by atoms with Crippen LogP contribution in [-0.2, 0) is 14.6 Å². The number of amides is 1. The minimum Gasteiger partial charge on any atom is -0.444 e. The fraction of sp³-hybridized carbons (Fsp3) is 0.923. The summed E-state index contributed by atoms with van der Waals surface area (Å²) in [7, 11) is -3.06. The van der Waals surface area contributed by atoms with E-state index < -0.39 is 15.4 Å². The van der Waals surface area contributed by atoms with Crippen LogP contribution in [0, 0.1) is 0 Å². The van der Waals surface area contributed by atoms with Gasteiger partial charge < -0.3 is 9.64 Å². The summed E-state index contributed by atoms with van der Waals surface area (Å²) in [5.74, 6) is 0.